The molecule has 0 aliphatic carbocycles. The highest BCUT2D eigenvalue weighted by Crippen LogP contribution is 2.18. The molecule has 2 rings (SSSR count). The fraction of sp³-hybridized carbons (Fsp3) is 0.471. The molecule has 0 bridgehead atoms. The molecule has 2 heterocycles. The Labute approximate surface area is 142 Å². The lowest BCUT2D eigenvalue weighted by Crippen LogP contribution is -2.43. The molecular weight excluding hydrogens is 306 g/mol. The molecule has 7 nitrogen and oxygen atoms in total. The molecule has 0 aliphatic heterocycles. The largest absolute Gasteiger partial charge is 0.391 e. The monoisotopic (exact) mass is 331 g/mol. The smallest absolute Gasteiger partial charge is 0.315 e. The van der Waals surface area contributed by atoms with Crippen LogP contribution in [0.1, 0.15) is 32.2 Å². The van der Waals surface area contributed by atoms with Crippen LogP contribution in [0, 0.1) is 12.3 Å². The third-order valence-corrected chi connectivity index (χ3v) is 3.79. The minimum absolute atomic E-state index is 0.215. The Morgan fingerprint density at radius 3 is 2.58 bits per heavy atom. The van der Waals surface area contributed by atoms with Gasteiger partial charge in [0.1, 0.15) is 11.6 Å². The normalized spacial score (nSPS) is 12.7. The molecular formula is C17H25N5O2. The number of aliphatic hydroxyl groups excluding tert-OH is 1. The zero-order chi connectivity index (χ0) is 17.7. The molecule has 0 saturated heterocycles. The number of hydrogen-bond acceptors (Lipinski definition) is 4. The van der Waals surface area contributed by atoms with Gasteiger partial charge in [0.25, 0.3) is 0 Å². The summed E-state index contributed by atoms with van der Waals surface area (Å²) in [7, 11) is 0. The van der Waals surface area contributed by atoms with E-state index in [4.69, 9.17) is 0 Å². The first kappa shape index (κ1) is 17.9. The topological polar surface area (TPSA) is 92.1 Å². The first-order chi connectivity index (χ1) is 11.3. The Morgan fingerprint density at radius 1 is 1.29 bits per heavy atom. The van der Waals surface area contributed by atoms with E-state index in [-0.39, 0.29) is 18.0 Å². The van der Waals surface area contributed by atoms with Crippen molar-refractivity contribution in [2.45, 2.75) is 40.3 Å². The van der Waals surface area contributed by atoms with Gasteiger partial charge in [-0.25, -0.2) is 14.8 Å². The van der Waals surface area contributed by atoms with Gasteiger partial charge in [-0.3, -0.25) is 4.57 Å². The molecule has 1 unspecified atom stereocenters. The average molecular weight is 331 g/mol. The number of amides is 2. The average Bonchev–Trinajstić information content (AvgIpc) is 2.96. The Balaban J connectivity index is 1.82. The van der Waals surface area contributed by atoms with Crippen LogP contribution in [0.2, 0.25) is 0 Å². The van der Waals surface area contributed by atoms with E-state index < -0.39 is 6.10 Å². The van der Waals surface area contributed by atoms with Crippen LogP contribution < -0.4 is 10.6 Å². The number of aromatic nitrogens is 3. The number of nitrogens with one attached hydrogen (secondary N) is 2. The number of aliphatic hydroxyl groups is 1. The van der Waals surface area contributed by atoms with Crippen LogP contribution in [0.3, 0.4) is 0 Å². The Hall–Kier alpha value is -2.41. The van der Waals surface area contributed by atoms with Gasteiger partial charge in [0.2, 0.25) is 0 Å². The molecule has 7 heteroatoms. The highest BCUT2D eigenvalue weighted by molar-refractivity contribution is 5.73. The summed E-state index contributed by atoms with van der Waals surface area (Å²) in [6.07, 6.45) is 4.70. The highest BCUT2D eigenvalue weighted by Gasteiger charge is 2.22. The predicted octanol–water partition coefficient (Wildman–Crippen LogP) is 1.78. The van der Waals surface area contributed by atoms with E-state index in [2.05, 4.69) is 20.6 Å². The van der Waals surface area contributed by atoms with E-state index in [1.807, 2.05) is 50.6 Å². The first-order valence-electron chi connectivity index (χ1n) is 7.92. The van der Waals surface area contributed by atoms with Crippen molar-refractivity contribution in [1.82, 2.24) is 25.2 Å². The maximum Gasteiger partial charge on any atom is 0.315 e. The number of rotatable bonds is 5. The number of nitrogens with zero attached hydrogens (tertiary/aromatic N) is 3. The zero-order valence-corrected chi connectivity index (χ0v) is 14.6. The molecule has 0 fully saturated rings. The molecule has 3 N–H and O–H groups in total. The maximum atomic E-state index is 11.8. The summed E-state index contributed by atoms with van der Waals surface area (Å²) < 4.78 is 1.89. The zero-order valence-electron chi connectivity index (χ0n) is 14.6. The fourth-order valence-corrected chi connectivity index (χ4v) is 2.02. The number of aryl methyl sites for hydroxylation is 1. The quantitative estimate of drug-likeness (QED) is 0.779. The van der Waals surface area contributed by atoms with E-state index in [1.165, 1.54) is 0 Å². The molecule has 0 saturated carbocycles. The van der Waals surface area contributed by atoms with Crippen LogP contribution in [0.5, 0.6) is 0 Å². The second-order valence-electron chi connectivity index (χ2n) is 6.81. The standard InChI is InChI=1S/C17H25N5O2/c1-12-18-7-8-22(12)15-6-5-13(9-19-15)10-20-16(24)21-11-14(23)17(2,3)4/h5-9,14,23H,10-11H2,1-4H3,(H2,20,21,24). The van der Waals surface area contributed by atoms with Crippen LogP contribution >= 0.6 is 0 Å². The van der Waals surface area contributed by atoms with Crippen molar-refractivity contribution >= 4 is 6.03 Å². The van der Waals surface area contributed by atoms with Gasteiger partial charge in [-0.2, -0.15) is 0 Å². The number of carbonyl (C=O) groups excluding carboxylic acids is 1. The molecule has 0 spiro atoms. The fourth-order valence-electron chi connectivity index (χ4n) is 2.02. The number of hydrogen-bond donors (Lipinski definition) is 3. The summed E-state index contributed by atoms with van der Waals surface area (Å²) in [6.45, 7) is 8.26. The molecule has 2 amide bonds. The number of pyridine rings is 1. The van der Waals surface area contributed by atoms with Gasteiger partial charge >= 0.3 is 6.03 Å². The van der Waals surface area contributed by atoms with Gasteiger partial charge in [0.05, 0.1) is 6.10 Å². The van der Waals surface area contributed by atoms with Crippen molar-refractivity contribution in [3.05, 3.63) is 42.1 Å². The van der Waals surface area contributed by atoms with Crippen LogP contribution in [-0.2, 0) is 6.54 Å². The van der Waals surface area contributed by atoms with Crippen molar-refractivity contribution in [1.29, 1.82) is 0 Å². The van der Waals surface area contributed by atoms with E-state index in [0.29, 0.717) is 6.54 Å². The molecule has 2 aromatic heterocycles. The third kappa shape index (κ3) is 4.79. The summed E-state index contributed by atoms with van der Waals surface area (Å²) in [5, 5.41) is 15.3. The van der Waals surface area contributed by atoms with E-state index in [0.717, 1.165) is 17.2 Å². The molecule has 24 heavy (non-hydrogen) atoms. The van der Waals surface area contributed by atoms with Gasteiger partial charge in [0, 0.05) is 31.7 Å². The molecule has 130 valence electrons. The van der Waals surface area contributed by atoms with Crippen LogP contribution in [0.4, 0.5) is 4.79 Å². The summed E-state index contributed by atoms with van der Waals surface area (Å²) in [4.78, 5) is 20.3. The van der Waals surface area contributed by atoms with Crippen molar-refractivity contribution in [3.63, 3.8) is 0 Å². The molecule has 0 aromatic carbocycles. The van der Waals surface area contributed by atoms with Crippen molar-refractivity contribution in [2.75, 3.05) is 6.54 Å². The second kappa shape index (κ2) is 7.44. The third-order valence-electron chi connectivity index (χ3n) is 3.79. The summed E-state index contributed by atoms with van der Waals surface area (Å²) >= 11 is 0. The van der Waals surface area contributed by atoms with Gasteiger partial charge in [-0.1, -0.05) is 26.8 Å². The number of carbonyl (C=O) groups is 1. The minimum atomic E-state index is -0.595. The van der Waals surface area contributed by atoms with Gasteiger partial charge in [0.15, 0.2) is 0 Å². The molecule has 0 aliphatic rings. The van der Waals surface area contributed by atoms with E-state index in [9.17, 15) is 9.90 Å². The summed E-state index contributed by atoms with van der Waals surface area (Å²) in [6, 6.07) is 3.48. The summed E-state index contributed by atoms with van der Waals surface area (Å²) in [5.74, 6) is 1.65. The molecule has 2 aromatic rings. The van der Waals surface area contributed by atoms with Crippen molar-refractivity contribution in [3.8, 4) is 5.82 Å². The summed E-state index contributed by atoms with van der Waals surface area (Å²) in [5.41, 5.74) is 0.626. The number of imidazole rings is 1. The second-order valence-corrected chi connectivity index (χ2v) is 6.81. The SMILES string of the molecule is Cc1nccn1-c1ccc(CNC(=O)NCC(O)C(C)(C)C)cn1. The Morgan fingerprint density at radius 2 is 2.04 bits per heavy atom. The van der Waals surface area contributed by atoms with Gasteiger partial charge in [-0.05, 0) is 24.0 Å². The van der Waals surface area contributed by atoms with Gasteiger partial charge < -0.3 is 15.7 Å². The molecule has 1 atom stereocenters. The Kier molecular flexibility index (Phi) is 5.56. The minimum Gasteiger partial charge on any atom is -0.391 e. The van der Waals surface area contributed by atoms with Crippen LogP contribution in [0.25, 0.3) is 5.82 Å². The van der Waals surface area contributed by atoms with E-state index >= 15 is 0 Å². The lowest BCUT2D eigenvalue weighted by atomic mass is 9.89. The van der Waals surface area contributed by atoms with Crippen LogP contribution in [0.15, 0.2) is 30.7 Å². The van der Waals surface area contributed by atoms with Crippen molar-refractivity contribution in [2.24, 2.45) is 5.41 Å². The van der Waals surface area contributed by atoms with Gasteiger partial charge in [-0.15, -0.1) is 0 Å². The maximum absolute atomic E-state index is 11.8. The van der Waals surface area contributed by atoms with Crippen molar-refractivity contribution < 1.29 is 9.90 Å². The molecule has 0 radical (unpaired) electrons. The Bertz CT molecular complexity index is 673. The predicted molar refractivity (Wildman–Crippen MR) is 91.8 cm³/mol. The van der Waals surface area contributed by atoms with Crippen LogP contribution in [-0.4, -0.2) is 38.3 Å². The highest BCUT2D eigenvalue weighted by atomic mass is 16.3. The number of urea groups is 1. The first-order valence-corrected chi connectivity index (χ1v) is 7.92. The lowest BCUT2D eigenvalue weighted by molar-refractivity contribution is 0.0650. The van der Waals surface area contributed by atoms with E-state index in [1.54, 1.807) is 12.4 Å². The lowest BCUT2D eigenvalue weighted by Gasteiger charge is -2.25.